The average molecular weight is 498 g/mol. The largest absolute Gasteiger partial charge is 1.00 e. The lowest BCUT2D eigenvalue weighted by Crippen LogP contribution is -3.00. The van der Waals surface area contributed by atoms with E-state index in [1.165, 1.54) is 5.82 Å². The third kappa shape index (κ3) is 4.59. The first kappa shape index (κ1) is 22.9. The number of aryl methyl sites for hydroxylation is 1. The first-order valence-corrected chi connectivity index (χ1v) is 9.94. The predicted molar refractivity (Wildman–Crippen MR) is 103 cm³/mol. The Morgan fingerprint density at radius 2 is 1.93 bits per heavy atom. The molecule has 1 aliphatic carbocycles. The summed E-state index contributed by atoms with van der Waals surface area (Å²) < 4.78 is 9.80. The highest BCUT2D eigenvalue weighted by Crippen LogP contribution is 2.41. The zero-order valence-corrected chi connectivity index (χ0v) is 19.1. The number of nitrogens with zero attached hydrogens (tertiary/aromatic N) is 2. The van der Waals surface area contributed by atoms with Crippen LogP contribution in [-0.2, 0) is 28.7 Å². The Hall–Kier alpha value is -1.41. The van der Waals surface area contributed by atoms with Gasteiger partial charge >= 0.3 is 5.97 Å². The fourth-order valence-electron chi connectivity index (χ4n) is 4.37. The summed E-state index contributed by atoms with van der Waals surface area (Å²) in [5, 5.41) is 11.4. The Kier molecular flexibility index (Phi) is 8.07. The molecule has 0 radical (unpaired) electrons. The molecule has 1 fully saturated rings. The van der Waals surface area contributed by atoms with E-state index in [9.17, 15) is 9.90 Å². The lowest BCUT2D eigenvalue weighted by Gasteiger charge is -2.32. The standard InChI is InChI=1S/C22H31N2O3.HI/c1-17(2)20-23(3)13-14-24(20)15-16-27-21(25)22(26,19-11-7-8-12-19)18-9-5-4-6-10-18;/h4-6,9-10,13-14,17,19,26H,7-8,11-12,15-16H2,1-3H3;1H/q+1;/p-1. The number of ether oxygens (including phenoxy) is 1. The topological polar surface area (TPSA) is 55.3 Å². The summed E-state index contributed by atoms with van der Waals surface area (Å²) >= 11 is 0. The van der Waals surface area contributed by atoms with E-state index >= 15 is 0 Å². The number of hydrogen-bond acceptors (Lipinski definition) is 3. The molecule has 2 aromatic rings. The molecule has 0 aliphatic heterocycles. The monoisotopic (exact) mass is 498 g/mol. The van der Waals surface area contributed by atoms with Crippen molar-refractivity contribution in [2.75, 3.05) is 6.61 Å². The summed E-state index contributed by atoms with van der Waals surface area (Å²) in [5.41, 5.74) is -0.919. The van der Waals surface area contributed by atoms with Crippen molar-refractivity contribution in [2.24, 2.45) is 13.0 Å². The smallest absolute Gasteiger partial charge is 0.343 e. The van der Waals surface area contributed by atoms with Gasteiger partial charge in [-0.15, -0.1) is 0 Å². The van der Waals surface area contributed by atoms with Gasteiger partial charge in [0.1, 0.15) is 25.5 Å². The SMILES string of the molecule is CC(C)c1n(CCOC(=O)C(O)(c2ccccc2)C2CCCC2)cc[n+]1C.[I-]. The average Bonchev–Trinajstić information content (AvgIpc) is 3.32. The lowest BCUT2D eigenvalue weighted by molar-refractivity contribution is -0.680. The van der Waals surface area contributed by atoms with Crippen molar-refractivity contribution in [1.82, 2.24) is 4.57 Å². The molecule has 3 rings (SSSR count). The zero-order valence-electron chi connectivity index (χ0n) is 17.0. The van der Waals surface area contributed by atoms with Gasteiger partial charge in [0.25, 0.3) is 5.82 Å². The molecule has 1 saturated carbocycles. The molecule has 1 N–H and O–H groups in total. The summed E-state index contributed by atoms with van der Waals surface area (Å²) in [5.74, 6) is 0.951. The number of imidazole rings is 1. The maximum Gasteiger partial charge on any atom is 0.343 e. The van der Waals surface area contributed by atoms with Crippen molar-refractivity contribution in [1.29, 1.82) is 0 Å². The van der Waals surface area contributed by atoms with Gasteiger partial charge in [-0.05, 0) is 18.4 Å². The van der Waals surface area contributed by atoms with E-state index in [0.717, 1.165) is 25.7 Å². The molecule has 0 spiro atoms. The maximum absolute atomic E-state index is 13.0. The van der Waals surface area contributed by atoms with Crippen LogP contribution in [0, 0.1) is 5.92 Å². The van der Waals surface area contributed by atoms with Crippen LogP contribution in [0.15, 0.2) is 42.7 Å². The van der Waals surface area contributed by atoms with Crippen LogP contribution in [0.4, 0.5) is 0 Å². The number of rotatable bonds is 7. The fourth-order valence-corrected chi connectivity index (χ4v) is 4.37. The van der Waals surface area contributed by atoms with Crippen LogP contribution in [0.5, 0.6) is 0 Å². The zero-order chi connectivity index (χ0) is 19.4. The summed E-state index contributed by atoms with van der Waals surface area (Å²) in [6, 6.07) is 9.25. The minimum Gasteiger partial charge on any atom is -1.00 e. The predicted octanol–water partition coefficient (Wildman–Crippen LogP) is 0.0612. The lowest BCUT2D eigenvalue weighted by atomic mass is 9.80. The number of aliphatic hydroxyl groups is 1. The number of halogens is 1. The van der Waals surface area contributed by atoms with Crippen LogP contribution < -0.4 is 28.5 Å². The van der Waals surface area contributed by atoms with Crippen LogP contribution in [-0.4, -0.2) is 22.2 Å². The second-order valence-corrected chi connectivity index (χ2v) is 7.87. The molecule has 5 nitrogen and oxygen atoms in total. The van der Waals surface area contributed by atoms with E-state index in [2.05, 4.69) is 23.0 Å². The Balaban J connectivity index is 0.00000280. The Bertz CT molecular complexity index is 769. The Morgan fingerprint density at radius 1 is 1.29 bits per heavy atom. The van der Waals surface area contributed by atoms with E-state index in [4.69, 9.17) is 4.74 Å². The molecular weight excluding hydrogens is 467 g/mol. The van der Waals surface area contributed by atoms with Gasteiger partial charge in [0.15, 0.2) is 5.60 Å². The summed E-state index contributed by atoms with van der Waals surface area (Å²) in [4.78, 5) is 13.0. The fraction of sp³-hybridized carbons (Fsp3) is 0.545. The van der Waals surface area contributed by atoms with E-state index in [-0.39, 0.29) is 36.5 Å². The minimum absolute atomic E-state index is 0. The molecule has 0 amide bonds. The molecular formula is C22H31IN2O3. The van der Waals surface area contributed by atoms with Gasteiger partial charge in [-0.2, -0.15) is 0 Å². The van der Waals surface area contributed by atoms with E-state index in [0.29, 0.717) is 18.0 Å². The van der Waals surface area contributed by atoms with Crippen molar-refractivity contribution in [3.05, 3.63) is 54.1 Å². The van der Waals surface area contributed by atoms with Gasteiger partial charge in [0.2, 0.25) is 0 Å². The quantitative estimate of drug-likeness (QED) is 0.334. The molecule has 28 heavy (non-hydrogen) atoms. The second-order valence-electron chi connectivity index (χ2n) is 7.87. The van der Waals surface area contributed by atoms with Crippen molar-refractivity contribution in [2.45, 2.75) is 57.6 Å². The van der Waals surface area contributed by atoms with Crippen molar-refractivity contribution in [3.63, 3.8) is 0 Å². The number of esters is 1. The third-order valence-electron chi connectivity index (χ3n) is 5.68. The van der Waals surface area contributed by atoms with E-state index in [1.807, 2.05) is 49.8 Å². The van der Waals surface area contributed by atoms with Crippen molar-refractivity contribution >= 4 is 5.97 Å². The normalized spacial score (nSPS) is 16.6. The minimum atomic E-state index is -1.56. The Morgan fingerprint density at radius 3 is 2.54 bits per heavy atom. The summed E-state index contributed by atoms with van der Waals surface area (Å²) in [7, 11) is 2.02. The number of carbonyl (C=O) groups is 1. The van der Waals surface area contributed by atoms with Gasteiger partial charge in [0, 0.05) is 5.92 Å². The van der Waals surface area contributed by atoms with E-state index in [1.54, 1.807) is 0 Å². The number of carbonyl (C=O) groups excluding carboxylic acids is 1. The first-order chi connectivity index (χ1) is 12.9. The molecule has 1 aromatic carbocycles. The van der Waals surface area contributed by atoms with Crippen LogP contribution in [0.3, 0.4) is 0 Å². The summed E-state index contributed by atoms with van der Waals surface area (Å²) in [6.07, 6.45) is 7.81. The van der Waals surface area contributed by atoms with Crippen molar-refractivity contribution < 1.29 is 43.2 Å². The second kappa shape index (κ2) is 9.87. The highest BCUT2D eigenvalue weighted by atomic mass is 127. The molecule has 1 unspecified atom stereocenters. The Labute approximate surface area is 184 Å². The van der Waals surface area contributed by atoms with Gasteiger partial charge in [0.05, 0.1) is 13.0 Å². The maximum atomic E-state index is 13.0. The number of aromatic nitrogens is 2. The molecule has 154 valence electrons. The highest BCUT2D eigenvalue weighted by molar-refractivity contribution is 5.81. The number of benzene rings is 1. The summed E-state index contributed by atoms with van der Waals surface area (Å²) in [6.45, 7) is 5.11. The van der Waals surface area contributed by atoms with E-state index < -0.39 is 11.6 Å². The van der Waals surface area contributed by atoms with Gasteiger partial charge in [-0.1, -0.05) is 57.0 Å². The highest BCUT2D eigenvalue weighted by Gasteiger charge is 2.47. The molecule has 0 bridgehead atoms. The van der Waals surface area contributed by atoms with Crippen LogP contribution >= 0.6 is 0 Å². The van der Waals surface area contributed by atoms with Crippen LogP contribution in [0.1, 0.15) is 56.8 Å². The van der Waals surface area contributed by atoms with Gasteiger partial charge in [-0.25, -0.2) is 13.9 Å². The molecule has 6 heteroatoms. The van der Waals surface area contributed by atoms with Gasteiger partial charge < -0.3 is 33.8 Å². The van der Waals surface area contributed by atoms with Crippen LogP contribution in [0.2, 0.25) is 0 Å². The molecule has 1 aliphatic rings. The third-order valence-corrected chi connectivity index (χ3v) is 5.68. The first-order valence-electron chi connectivity index (χ1n) is 9.94. The van der Waals surface area contributed by atoms with Crippen molar-refractivity contribution in [3.8, 4) is 0 Å². The molecule has 1 heterocycles. The number of hydrogen-bond donors (Lipinski definition) is 1. The van der Waals surface area contributed by atoms with Gasteiger partial charge in [-0.3, -0.25) is 0 Å². The molecule has 0 saturated heterocycles. The molecule has 1 aromatic heterocycles. The van der Waals surface area contributed by atoms with Crippen LogP contribution in [0.25, 0.3) is 0 Å². The molecule has 1 atom stereocenters.